The van der Waals surface area contributed by atoms with E-state index in [1.54, 1.807) is 56.7 Å². The first-order valence-corrected chi connectivity index (χ1v) is 39.1. The van der Waals surface area contributed by atoms with Crippen molar-refractivity contribution in [3.63, 3.8) is 0 Å². The number of hydrogen-bond donors (Lipinski definition) is 1. The molecule has 1 atom stereocenters. The number of nitrogens with zero attached hydrogens (tertiary/aromatic N) is 2. The summed E-state index contributed by atoms with van der Waals surface area (Å²) in [5.74, 6) is -1.47. The summed E-state index contributed by atoms with van der Waals surface area (Å²) >= 11 is 12.9. The van der Waals surface area contributed by atoms with Gasteiger partial charge in [0.05, 0.1) is 52.0 Å². The number of hydrogen-bond acceptors (Lipinski definition) is 18. The maximum Gasteiger partial charge on any atom is 0.367 e. The van der Waals surface area contributed by atoms with Crippen molar-refractivity contribution in [3.05, 3.63) is 172 Å². The second-order valence-corrected chi connectivity index (χ2v) is 37.4. The Morgan fingerprint density at radius 2 is 0.765 bits per heavy atom. The van der Waals surface area contributed by atoms with Gasteiger partial charge in [-0.2, -0.15) is 0 Å². The van der Waals surface area contributed by atoms with Crippen LogP contribution >= 0.6 is 90.7 Å². The van der Waals surface area contributed by atoms with Gasteiger partial charge in [0.2, 0.25) is 10.0 Å². The van der Waals surface area contributed by atoms with Gasteiger partial charge in [-0.3, -0.25) is 0 Å². The molecule has 0 saturated heterocycles. The summed E-state index contributed by atoms with van der Waals surface area (Å²) < 4.78 is 30.2. The SMILES string of the molecule is COC(=O)c1nc2c(C(C)(C)C(C)(C)c3cc4c(C)c5sc(-c6cc7c(C(O)OC)c8sc(C(C)(C)C(C)(C)c9ccccc9)cc8c(C(=O)OC)c7s6)cc5c(C)c4s3)c3sc(C(=O)OC)nc3c(-c3cc4c(C)c5sc(C(C)(C)C(C)(C)c6ccccc6)cc5c(C)c4s3)c2s1. The largest absolute Gasteiger partial charge is 0.465 e. The Hall–Kier alpha value is -6.81. The number of carbonyl (C=O) groups is 3. The van der Waals surface area contributed by atoms with Crippen molar-refractivity contribution in [3.8, 4) is 20.2 Å². The fourth-order valence-electron chi connectivity index (χ4n) is 14.4. The highest BCUT2D eigenvalue weighted by molar-refractivity contribution is 7.29. The van der Waals surface area contributed by atoms with Crippen LogP contribution in [0.15, 0.2) is 97.1 Å². The van der Waals surface area contributed by atoms with Gasteiger partial charge < -0.3 is 24.1 Å². The van der Waals surface area contributed by atoms with E-state index in [2.05, 4.69) is 202 Å². The summed E-state index contributed by atoms with van der Waals surface area (Å²) in [4.78, 5) is 59.0. The predicted molar refractivity (Wildman–Crippen MR) is 418 cm³/mol. The van der Waals surface area contributed by atoms with Crippen LogP contribution in [0.1, 0.15) is 178 Å². The fraction of sp³-hybridized carbons (Fsp3) is 0.338. The molecule has 1 N–H and O–H groups in total. The Labute approximate surface area is 602 Å². The molecular formula is C80H78N2O8S8. The molecule has 0 aliphatic carbocycles. The number of aryl methyl sites for hydroxylation is 4. The number of rotatable bonds is 16. The average molecular weight is 1450 g/mol. The van der Waals surface area contributed by atoms with E-state index in [-0.39, 0.29) is 31.7 Å². The molecule has 14 rings (SSSR count). The van der Waals surface area contributed by atoms with E-state index in [1.165, 1.54) is 119 Å². The van der Waals surface area contributed by atoms with Gasteiger partial charge in [-0.25, -0.2) is 24.4 Å². The number of aliphatic hydroxyl groups is 1. The molecule has 0 saturated carbocycles. The lowest BCUT2D eigenvalue weighted by Gasteiger charge is -2.42. The van der Waals surface area contributed by atoms with E-state index in [0.717, 1.165) is 75.9 Å². The van der Waals surface area contributed by atoms with Crippen molar-refractivity contribution in [2.45, 2.75) is 150 Å². The smallest absolute Gasteiger partial charge is 0.367 e. The first kappa shape index (κ1) is 68.3. The summed E-state index contributed by atoms with van der Waals surface area (Å²) in [7, 11) is 5.72. The Morgan fingerprint density at radius 3 is 1.23 bits per heavy atom. The third-order valence-electron chi connectivity index (χ3n) is 22.8. The summed E-state index contributed by atoms with van der Waals surface area (Å²) in [6.07, 6.45) is -1.26. The van der Waals surface area contributed by atoms with E-state index < -0.39 is 35.0 Å². The lowest BCUT2D eigenvalue weighted by atomic mass is 9.63. The van der Waals surface area contributed by atoms with Crippen molar-refractivity contribution < 1.29 is 38.4 Å². The zero-order chi connectivity index (χ0) is 70.2. The first-order valence-electron chi connectivity index (χ1n) is 32.6. The van der Waals surface area contributed by atoms with Gasteiger partial charge in [-0.05, 0) is 130 Å². The fourth-order valence-corrected chi connectivity index (χ4v) is 25.0. The van der Waals surface area contributed by atoms with Crippen LogP contribution in [0, 0.1) is 27.7 Å². The normalized spacial score (nSPS) is 13.5. The molecule has 0 fully saturated rings. The van der Waals surface area contributed by atoms with E-state index in [9.17, 15) is 19.5 Å². The van der Waals surface area contributed by atoms with Gasteiger partial charge in [0.15, 0.2) is 6.29 Å². The first-order chi connectivity index (χ1) is 46.3. The number of aromatic nitrogens is 2. The molecule has 6 aromatic carbocycles. The second kappa shape index (κ2) is 23.9. The molecule has 1 unspecified atom stereocenters. The van der Waals surface area contributed by atoms with Crippen LogP contribution in [0.4, 0.5) is 0 Å². The van der Waals surface area contributed by atoms with Crippen LogP contribution < -0.4 is 0 Å². The molecule has 10 nitrogen and oxygen atoms in total. The quantitative estimate of drug-likeness (QED) is 0.0566. The highest BCUT2D eigenvalue weighted by atomic mass is 32.1. The molecule has 0 aliphatic heterocycles. The Balaban J connectivity index is 0.884. The van der Waals surface area contributed by atoms with Gasteiger partial charge in [0.25, 0.3) is 0 Å². The maximum atomic E-state index is 14.3. The second-order valence-electron chi connectivity index (χ2n) is 29.1. The molecule has 8 aromatic heterocycles. The Bertz CT molecular complexity index is 5470. The van der Waals surface area contributed by atoms with Gasteiger partial charge in [-0.15, -0.1) is 90.7 Å². The number of fused-ring (bicyclic) bond motifs is 8. The van der Waals surface area contributed by atoms with Gasteiger partial charge in [-0.1, -0.05) is 144 Å². The summed E-state index contributed by atoms with van der Waals surface area (Å²) in [6.45, 7) is 36.4. The van der Waals surface area contributed by atoms with Crippen molar-refractivity contribution in [2.75, 3.05) is 28.4 Å². The van der Waals surface area contributed by atoms with Crippen molar-refractivity contribution in [2.24, 2.45) is 0 Å². The number of carbonyl (C=O) groups excluding carboxylic acids is 3. The zero-order valence-corrected chi connectivity index (χ0v) is 65.3. The van der Waals surface area contributed by atoms with E-state index in [0.29, 0.717) is 22.2 Å². The predicted octanol–water partition coefficient (Wildman–Crippen LogP) is 23.5. The van der Waals surface area contributed by atoms with Gasteiger partial charge in [0, 0.05) is 109 Å². The number of benzene rings is 6. The zero-order valence-electron chi connectivity index (χ0n) is 58.8. The maximum absolute atomic E-state index is 14.3. The molecule has 0 bridgehead atoms. The molecule has 98 heavy (non-hydrogen) atoms. The van der Waals surface area contributed by atoms with Crippen molar-refractivity contribution in [1.82, 2.24) is 9.97 Å². The van der Waals surface area contributed by atoms with Crippen LogP contribution in [0.5, 0.6) is 0 Å². The third kappa shape index (κ3) is 9.94. The Morgan fingerprint density at radius 1 is 0.388 bits per heavy atom. The topological polar surface area (TPSA) is 134 Å². The monoisotopic (exact) mass is 1450 g/mol. The third-order valence-corrected chi connectivity index (χ3v) is 33.4. The number of aliphatic hydroxyl groups excluding tert-OH is 1. The van der Waals surface area contributed by atoms with Gasteiger partial charge in [0.1, 0.15) is 0 Å². The van der Waals surface area contributed by atoms with E-state index >= 15 is 0 Å². The van der Waals surface area contributed by atoms with Crippen LogP contribution in [0.25, 0.3) is 101 Å². The highest BCUT2D eigenvalue weighted by Gasteiger charge is 2.47. The molecular weight excluding hydrogens is 1370 g/mol. The number of methoxy groups -OCH3 is 4. The van der Waals surface area contributed by atoms with Crippen molar-refractivity contribution >= 4 is 190 Å². The molecule has 14 aromatic rings. The molecule has 0 aliphatic rings. The molecule has 504 valence electrons. The van der Waals surface area contributed by atoms with Crippen molar-refractivity contribution in [1.29, 1.82) is 0 Å². The minimum absolute atomic E-state index is 0.152. The molecule has 0 amide bonds. The van der Waals surface area contributed by atoms with Crippen LogP contribution in [-0.4, -0.2) is 61.4 Å². The lowest BCUT2D eigenvalue weighted by molar-refractivity contribution is -0.0747. The number of ether oxygens (including phenoxy) is 4. The number of esters is 3. The Kier molecular flexibility index (Phi) is 16.7. The molecule has 18 heteroatoms. The number of thiazole rings is 2. The van der Waals surface area contributed by atoms with E-state index in [1.807, 2.05) is 17.4 Å². The van der Waals surface area contributed by atoms with Gasteiger partial charge >= 0.3 is 17.9 Å². The molecule has 0 spiro atoms. The summed E-state index contributed by atoms with van der Waals surface area (Å²) in [5.41, 5.74) is 9.12. The van der Waals surface area contributed by atoms with Crippen LogP contribution in [0.3, 0.4) is 0 Å². The molecule has 0 radical (unpaired) electrons. The number of thiophene rings is 6. The lowest BCUT2D eigenvalue weighted by Crippen LogP contribution is -2.40. The summed E-state index contributed by atoms with van der Waals surface area (Å²) in [6, 6.07) is 34.9. The van der Waals surface area contributed by atoms with Crippen LogP contribution in [0.2, 0.25) is 0 Å². The molecule has 8 heterocycles. The van der Waals surface area contributed by atoms with E-state index in [4.69, 9.17) is 28.9 Å². The average Bonchev–Trinajstić information content (AvgIpc) is 1.52. The standard InChI is InChI=1S/C80H78N2O8S8/c1-37-43-31-49(50-33-47-55(71(83)87-17)66-48(56(65(47)92-50)72(84)88-18)36-54(96-66)78(11,12)76(7,8)42-29-25-22-26-30-42)91-61(43)39(3)46-35-53(95-63(37)46)79(13,14)80(15,16)58-60-67(97-70(82-60)74(86)90-20)57(59-68(58)98-69(81-59)73(85)89-19)51-32-44-38(2)64-45(40(4)62(44)93-51)34-52(94-64)77(9,10)75(5,6)41-27-23-21-24-28-41/h21-36,71,83H,1-20H3. The summed E-state index contributed by atoms with van der Waals surface area (Å²) in [5, 5.41) is 18.6. The minimum atomic E-state index is -1.26. The minimum Gasteiger partial charge on any atom is -0.465 e. The highest BCUT2D eigenvalue weighted by Crippen LogP contribution is 2.59. The van der Waals surface area contributed by atoms with Crippen LogP contribution in [-0.2, 0) is 51.4 Å².